The Bertz CT molecular complexity index is 286. The lowest BCUT2D eigenvalue weighted by Crippen LogP contribution is -2.13. The second-order valence-electron chi connectivity index (χ2n) is 2.24. The summed E-state index contributed by atoms with van der Waals surface area (Å²) in [7, 11) is 0. The van der Waals surface area contributed by atoms with Crippen LogP contribution in [0.1, 0.15) is 0 Å². The largest absolute Gasteiger partial charge is 0.180 e. The van der Waals surface area contributed by atoms with E-state index in [1.54, 1.807) is 24.8 Å². The van der Waals surface area contributed by atoms with Crippen LogP contribution in [0, 0.1) is 0 Å². The molecule has 0 fully saturated rings. The lowest BCUT2D eigenvalue weighted by atomic mass is 10.1. The number of allylic oxidation sites excluding steroid dienone is 2. The Morgan fingerprint density at radius 1 is 0.917 bits per heavy atom. The molecular weight excluding hydrogens is 199 g/mol. The van der Waals surface area contributed by atoms with Gasteiger partial charge in [-0.2, -0.15) is 19.3 Å². The van der Waals surface area contributed by atoms with Gasteiger partial charge in [-0.1, -0.05) is 0 Å². The van der Waals surface area contributed by atoms with Crippen LogP contribution in [0.2, 0.25) is 0 Å². The van der Waals surface area contributed by atoms with Gasteiger partial charge in [0, 0.05) is 34.7 Å². The Hall–Kier alpha value is -1.00. The summed E-state index contributed by atoms with van der Waals surface area (Å²) < 4.78 is 2.39. The van der Waals surface area contributed by atoms with Gasteiger partial charge in [-0.15, -0.1) is 0 Å². The maximum absolute atomic E-state index is 5.60. The molecule has 0 aromatic rings. The van der Waals surface area contributed by atoms with Gasteiger partial charge < -0.3 is 0 Å². The minimum Gasteiger partial charge on any atom is -0.180 e. The number of halogens is 2. The Morgan fingerprint density at radius 3 is 1.75 bits per heavy atom. The summed E-state index contributed by atoms with van der Waals surface area (Å²) in [6.45, 7) is 0. The van der Waals surface area contributed by atoms with E-state index in [4.69, 9.17) is 23.6 Å². The van der Waals surface area contributed by atoms with E-state index in [-0.39, 0.29) is 0 Å². The Labute approximate surface area is 79.3 Å². The fourth-order valence-corrected chi connectivity index (χ4v) is 1.19. The quantitative estimate of drug-likeness (QED) is 0.560. The molecule has 4 nitrogen and oxygen atoms in total. The normalized spacial score (nSPS) is 20.5. The molecule has 2 heterocycles. The van der Waals surface area contributed by atoms with Crippen molar-refractivity contribution in [1.29, 1.82) is 0 Å². The molecule has 2 aliphatic heterocycles. The zero-order valence-electron chi connectivity index (χ0n) is 5.85. The molecular formula is C6H4Cl2N4. The fraction of sp³-hybridized carbons (Fsp3) is 0. The topological polar surface area (TPSA) is 31.2 Å². The van der Waals surface area contributed by atoms with E-state index < -0.39 is 0 Å². The third kappa shape index (κ3) is 1.31. The van der Waals surface area contributed by atoms with E-state index in [2.05, 4.69) is 10.2 Å². The molecule has 0 atom stereocenters. The molecule has 0 spiro atoms. The number of hydrogen-bond donors (Lipinski definition) is 0. The van der Waals surface area contributed by atoms with Crippen LogP contribution in [0.25, 0.3) is 0 Å². The molecule has 62 valence electrons. The summed E-state index contributed by atoms with van der Waals surface area (Å²) in [6.07, 6.45) is 6.54. The van der Waals surface area contributed by atoms with Gasteiger partial charge in [-0.3, -0.25) is 0 Å². The van der Waals surface area contributed by atoms with E-state index in [0.717, 1.165) is 11.1 Å². The molecule has 0 radical (unpaired) electrons. The Balaban J connectivity index is 2.35. The number of fused-ring (bicyclic) bond motifs is 1. The smallest absolute Gasteiger partial charge is 0.0584 e. The summed E-state index contributed by atoms with van der Waals surface area (Å²) in [4.78, 5) is 0. The van der Waals surface area contributed by atoms with Crippen LogP contribution < -0.4 is 0 Å². The minimum atomic E-state index is 0.886. The maximum atomic E-state index is 5.60. The first-order valence-corrected chi connectivity index (χ1v) is 3.85. The molecule has 0 saturated heterocycles. The second-order valence-corrected chi connectivity index (χ2v) is 2.93. The fourth-order valence-electron chi connectivity index (χ4n) is 0.896. The third-order valence-corrected chi connectivity index (χ3v) is 1.81. The molecule has 0 bridgehead atoms. The SMILES string of the molecule is ClN1C=C2C=NN(Cl)C=C2C=N1. The van der Waals surface area contributed by atoms with Crippen LogP contribution in [0.15, 0.2) is 33.7 Å². The molecule has 0 N–H and O–H groups in total. The maximum Gasteiger partial charge on any atom is 0.0584 e. The van der Waals surface area contributed by atoms with Crippen LogP contribution in [0.3, 0.4) is 0 Å². The Morgan fingerprint density at radius 2 is 1.33 bits per heavy atom. The lowest BCUT2D eigenvalue weighted by molar-refractivity contribution is 0.629. The zero-order chi connectivity index (χ0) is 8.55. The molecule has 6 heteroatoms. The summed E-state index contributed by atoms with van der Waals surface area (Å²) in [6, 6.07) is 0. The summed E-state index contributed by atoms with van der Waals surface area (Å²) in [5.74, 6) is 0. The van der Waals surface area contributed by atoms with E-state index in [9.17, 15) is 0 Å². The van der Waals surface area contributed by atoms with Gasteiger partial charge in [0.15, 0.2) is 0 Å². The molecule has 0 aliphatic carbocycles. The average Bonchev–Trinajstić information content (AvgIpc) is 2.05. The molecule has 2 aliphatic rings. The van der Waals surface area contributed by atoms with E-state index >= 15 is 0 Å². The van der Waals surface area contributed by atoms with Crippen molar-refractivity contribution in [3.63, 3.8) is 0 Å². The van der Waals surface area contributed by atoms with Crippen molar-refractivity contribution in [3.05, 3.63) is 23.5 Å². The third-order valence-electron chi connectivity index (χ3n) is 1.44. The van der Waals surface area contributed by atoms with Crippen molar-refractivity contribution in [2.75, 3.05) is 0 Å². The molecule has 12 heavy (non-hydrogen) atoms. The first-order chi connectivity index (χ1) is 5.75. The highest BCUT2D eigenvalue weighted by Crippen LogP contribution is 2.19. The summed E-state index contributed by atoms with van der Waals surface area (Å²) in [5.41, 5.74) is 1.77. The standard InChI is InChI=1S/C6H4Cl2N4/c7-11-4-6-2-10-12(8)3-5(6)1-9-11/h1-4H. The second kappa shape index (κ2) is 2.80. The van der Waals surface area contributed by atoms with Crippen LogP contribution in [-0.2, 0) is 0 Å². The predicted octanol–water partition coefficient (Wildman–Crippen LogP) is 1.66. The van der Waals surface area contributed by atoms with Crippen molar-refractivity contribution in [2.24, 2.45) is 10.2 Å². The van der Waals surface area contributed by atoms with Crippen LogP contribution in [0.4, 0.5) is 0 Å². The molecule has 0 aromatic heterocycles. The van der Waals surface area contributed by atoms with Gasteiger partial charge in [0.25, 0.3) is 0 Å². The van der Waals surface area contributed by atoms with Crippen LogP contribution in [-0.4, -0.2) is 21.5 Å². The number of hydrazone groups is 2. The molecule has 2 rings (SSSR count). The van der Waals surface area contributed by atoms with E-state index in [0.29, 0.717) is 0 Å². The Kier molecular flexibility index (Phi) is 1.78. The van der Waals surface area contributed by atoms with Crippen LogP contribution >= 0.6 is 23.6 Å². The highest BCUT2D eigenvalue weighted by molar-refractivity contribution is 6.17. The van der Waals surface area contributed by atoms with Crippen LogP contribution in [0.5, 0.6) is 0 Å². The summed E-state index contributed by atoms with van der Waals surface area (Å²) >= 11 is 11.2. The van der Waals surface area contributed by atoms with Gasteiger partial charge in [-0.25, -0.2) is 0 Å². The van der Waals surface area contributed by atoms with E-state index in [1.807, 2.05) is 0 Å². The molecule has 0 amide bonds. The summed E-state index contributed by atoms with van der Waals surface area (Å²) in [5, 5.41) is 7.66. The molecule has 0 unspecified atom stereocenters. The van der Waals surface area contributed by atoms with E-state index in [1.165, 1.54) is 9.06 Å². The lowest BCUT2D eigenvalue weighted by Gasteiger charge is -2.17. The van der Waals surface area contributed by atoms with Crippen molar-refractivity contribution in [3.8, 4) is 0 Å². The molecule has 0 saturated carbocycles. The number of hydrogen-bond acceptors (Lipinski definition) is 4. The number of rotatable bonds is 0. The van der Waals surface area contributed by atoms with Crippen molar-refractivity contribution in [1.82, 2.24) is 9.06 Å². The van der Waals surface area contributed by atoms with Crippen molar-refractivity contribution < 1.29 is 0 Å². The first kappa shape index (κ1) is 7.64. The molecule has 0 aromatic carbocycles. The minimum absolute atomic E-state index is 0.886. The van der Waals surface area contributed by atoms with Gasteiger partial charge in [-0.05, 0) is 0 Å². The monoisotopic (exact) mass is 202 g/mol. The average molecular weight is 203 g/mol. The van der Waals surface area contributed by atoms with Crippen molar-refractivity contribution in [2.45, 2.75) is 0 Å². The highest BCUT2D eigenvalue weighted by Gasteiger charge is 2.13. The first-order valence-electron chi connectivity index (χ1n) is 3.18. The highest BCUT2D eigenvalue weighted by atomic mass is 35.5. The van der Waals surface area contributed by atoms with Gasteiger partial charge in [0.05, 0.1) is 24.8 Å². The van der Waals surface area contributed by atoms with Gasteiger partial charge >= 0.3 is 0 Å². The van der Waals surface area contributed by atoms with Gasteiger partial charge in [0.1, 0.15) is 0 Å². The van der Waals surface area contributed by atoms with Gasteiger partial charge in [0.2, 0.25) is 0 Å². The zero-order valence-corrected chi connectivity index (χ0v) is 7.37. The van der Waals surface area contributed by atoms with Crippen molar-refractivity contribution >= 4 is 36.0 Å². The predicted molar refractivity (Wildman–Crippen MR) is 48.5 cm³/mol. The number of nitrogens with zero attached hydrogens (tertiary/aromatic N) is 4.